The number of nitrogens with one attached hydrogen (secondary N) is 2. The van der Waals surface area contributed by atoms with Crippen LogP contribution < -0.4 is 15.5 Å². The second-order valence-corrected chi connectivity index (χ2v) is 6.84. The second kappa shape index (κ2) is 7.36. The Balaban J connectivity index is 1.48. The number of urea groups is 1. The van der Waals surface area contributed by atoms with Gasteiger partial charge in [-0.1, -0.05) is 0 Å². The van der Waals surface area contributed by atoms with E-state index in [9.17, 15) is 4.79 Å². The van der Waals surface area contributed by atoms with E-state index >= 15 is 0 Å². The lowest BCUT2D eigenvalue weighted by Crippen LogP contribution is -2.50. The fraction of sp³-hybridized carbons (Fsp3) is 0.467. The van der Waals surface area contributed by atoms with E-state index in [0.717, 1.165) is 41.8 Å². The first-order chi connectivity index (χ1) is 11.2. The van der Waals surface area contributed by atoms with Gasteiger partial charge in [0.2, 0.25) is 5.95 Å². The highest BCUT2D eigenvalue weighted by Crippen LogP contribution is 2.15. The lowest BCUT2D eigenvalue weighted by molar-refractivity contribution is 0.234. The molecule has 2 amide bonds. The maximum Gasteiger partial charge on any atom is 0.315 e. The van der Waals surface area contributed by atoms with Crippen molar-refractivity contribution in [1.29, 1.82) is 0 Å². The number of thiazole rings is 1. The molecule has 23 heavy (non-hydrogen) atoms. The molecule has 3 rings (SSSR count). The Kier molecular flexibility index (Phi) is 5.02. The van der Waals surface area contributed by atoms with Gasteiger partial charge in [0, 0.05) is 42.6 Å². The van der Waals surface area contributed by atoms with Crippen LogP contribution in [0.15, 0.2) is 24.7 Å². The molecule has 1 saturated heterocycles. The number of piperidine rings is 1. The lowest BCUT2D eigenvalue weighted by Gasteiger charge is -2.33. The van der Waals surface area contributed by atoms with Gasteiger partial charge in [0.1, 0.15) is 5.01 Å². The molecule has 0 spiro atoms. The number of carbonyl (C=O) groups is 1. The molecule has 0 saturated carbocycles. The smallest absolute Gasteiger partial charge is 0.315 e. The number of anilines is 1. The monoisotopic (exact) mass is 332 g/mol. The molecule has 2 N–H and O–H groups in total. The zero-order valence-corrected chi connectivity index (χ0v) is 13.8. The summed E-state index contributed by atoms with van der Waals surface area (Å²) >= 11 is 1.60. The van der Waals surface area contributed by atoms with Crippen molar-refractivity contribution in [3.05, 3.63) is 34.5 Å². The third-order valence-electron chi connectivity index (χ3n) is 3.66. The van der Waals surface area contributed by atoms with Crippen LogP contribution in [0.2, 0.25) is 0 Å². The molecule has 2 aromatic heterocycles. The zero-order valence-electron chi connectivity index (χ0n) is 13.0. The van der Waals surface area contributed by atoms with Gasteiger partial charge in [-0.15, -0.1) is 11.3 Å². The molecule has 0 bridgehead atoms. The summed E-state index contributed by atoms with van der Waals surface area (Å²) in [5, 5.41) is 6.80. The molecule has 1 aliphatic rings. The molecule has 3 heterocycles. The average molecular weight is 332 g/mol. The molecule has 8 heteroatoms. The van der Waals surface area contributed by atoms with Gasteiger partial charge < -0.3 is 15.5 Å². The van der Waals surface area contributed by atoms with Gasteiger partial charge in [-0.3, -0.25) is 0 Å². The van der Waals surface area contributed by atoms with E-state index in [1.807, 2.05) is 13.1 Å². The van der Waals surface area contributed by atoms with Crippen molar-refractivity contribution < 1.29 is 4.79 Å². The molecule has 1 aliphatic heterocycles. The number of hydrogen-bond acceptors (Lipinski definition) is 6. The van der Waals surface area contributed by atoms with E-state index in [1.165, 1.54) is 0 Å². The summed E-state index contributed by atoms with van der Waals surface area (Å²) in [6.45, 7) is 4.11. The highest BCUT2D eigenvalue weighted by atomic mass is 32.1. The molecule has 1 fully saturated rings. The van der Waals surface area contributed by atoms with Gasteiger partial charge in [0.15, 0.2) is 0 Å². The summed E-state index contributed by atoms with van der Waals surface area (Å²) in [5.41, 5.74) is 0. The Hall–Kier alpha value is -2.22. The minimum atomic E-state index is -0.154. The van der Waals surface area contributed by atoms with Crippen LogP contribution in [0.25, 0.3) is 0 Å². The van der Waals surface area contributed by atoms with Crippen LogP contribution >= 0.6 is 11.3 Å². The highest BCUT2D eigenvalue weighted by Gasteiger charge is 2.22. The molecule has 1 atom stereocenters. The Morgan fingerprint density at radius 1 is 1.39 bits per heavy atom. The van der Waals surface area contributed by atoms with Crippen molar-refractivity contribution >= 4 is 23.3 Å². The quantitative estimate of drug-likeness (QED) is 0.890. The largest absolute Gasteiger partial charge is 0.339 e. The van der Waals surface area contributed by atoms with Crippen LogP contribution in [0, 0.1) is 6.92 Å². The van der Waals surface area contributed by atoms with Gasteiger partial charge in [-0.25, -0.2) is 19.7 Å². The number of amides is 2. The Morgan fingerprint density at radius 2 is 2.22 bits per heavy atom. The fourth-order valence-electron chi connectivity index (χ4n) is 2.61. The zero-order chi connectivity index (χ0) is 16.1. The summed E-state index contributed by atoms with van der Waals surface area (Å²) in [7, 11) is 0. The average Bonchev–Trinajstić information content (AvgIpc) is 3.00. The first-order valence-electron chi connectivity index (χ1n) is 7.68. The number of hydrogen-bond donors (Lipinski definition) is 2. The standard InChI is InChI=1S/C15H20N6OS/c1-11-8-18-13(23-11)9-19-15(22)20-12-4-2-7-21(10-12)14-16-5-3-6-17-14/h3,5-6,8,12H,2,4,7,9-10H2,1H3,(H2,19,20,22)/t12-/m0/s1. The van der Waals surface area contributed by atoms with Gasteiger partial charge in [0.05, 0.1) is 6.54 Å². The van der Waals surface area contributed by atoms with Crippen LogP contribution in [0.5, 0.6) is 0 Å². The normalized spacial score (nSPS) is 17.8. The minimum absolute atomic E-state index is 0.102. The SMILES string of the molecule is Cc1cnc(CNC(=O)N[C@H]2CCCN(c3ncccn3)C2)s1. The first-order valence-corrected chi connectivity index (χ1v) is 8.50. The highest BCUT2D eigenvalue weighted by molar-refractivity contribution is 7.11. The number of rotatable bonds is 4. The number of aromatic nitrogens is 3. The Bertz CT molecular complexity index is 646. The van der Waals surface area contributed by atoms with E-state index in [1.54, 1.807) is 29.8 Å². The molecular formula is C15H20N6OS. The Labute approximate surface area is 139 Å². The van der Waals surface area contributed by atoms with E-state index in [0.29, 0.717) is 6.54 Å². The number of carbonyl (C=O) groups excluding carboxylic acids is 1. The van der Waals surface area contributed by atoms with Crippen LogP contribution in [-0.2, 0) is 6.54 Å². The van der Waals surface area contributed by atoms with Crippen molar-refractivity contribution in [1.82, 2.24) is 25.6 Å². The molecule has 0 aliphatic carbocycles. The van der Waals surface area contributed by atoms with Gasteiger partial charge in [-0.05, 0) is 25.8 Å². The summed E-state index contributed by atoms with van der Waals surface area (Å²) in [4.78, 5) is 28.1. The van der Waals surface area contributed by atoms with Crippen LogP contribution in [0.1, 0.15) is 22.7 Å². The molecular weight excluding hydrogens is 312 g/mol. The fourth-order valence-corrected chi connectivity index (χ4v) is 3.33. The number of aryl methyl sites for hydroxylation is 1. The first kappa shape index (κ1) is 15.7. The molecule has 0 aromatic carbocycles. The van der Waals surface area contributed by atoms with Crippen molar-refractivity contribution in [3.8, 4) is 0 Å². The number of nitrogens with zero attached hydrogens (tertiary/aromatic N) is 4. The summed E-state index contributed by atoms with van der Waals surface area (Å²) in [5.74, 6) is 0.720. The lowest BCUT2D eigenvalue weighted by atomic mass is 10.1. The predicted octanol–water partition coefficient (Wildman–Crippen LogP) is 1.71. The van der Waals surface area contributed by atoms with Gasteiger partial charge in [-0.2, -0.15) is 0 Å². The second-order valence-electron chi connectivity index (χ2n) is 5.53. The van der Waals surface area contributed by atoms with Crippen LogP contribution in [0.3, 0.4) is 0 Å². The van der Waals surface area contributed by atoms with Crippen molar-refractivity contribution in [2.75, 3.05) is 18.0 Å². The van der Waals surface area contributed by atoms with E-state index in [4.69, 9.17) is 0 Å². The third kappa shape index (κ3) is 4.38. The molecule has 0 unspecified atom stereocenters. The summed E-state index contributed by atoms with van der Waals surface area (Å²) < 4.78 is 0. The van der Waals surface area contributed by atoms with E-state index in [2.05, 4.69) is 30.5 Å². The van der Waals surface area contributed by atoms with E-state index in [-0.39, 0.29) is 12.1 Å². The Morgan fingerprint density at radius 3 is 2.96 bits per heavy atom. The third-order valence-corrected chi connectivity index (χ3v) is 4.57. The van der Waals surface area contributed by atoms with Crippen molar-refractivity contribution in [2.24, 2.45) is 0 Å². The predicted molar refractivity (Wildman–Crippen MR) is 89.5 cm³/mol. The van der Waals surface area contributed by atoms with Crippen LogP contribution in [0.4, 0.5) is 10.7 Å². The van der Waals surface area contributed by atoms with Crippen LogP contribution in [-0.4, -0.2) is 40.1 Å². The molecule has 122 valence electrons. The maximum absolute atomic E-state index is 12.0. The minimum Gasteiger partial charge on any atom is -0.339 e. The van der Waals surface area contributed by atoms with Gasteiger partial charge in [0.25, 0.3) is 0 Å². The molecule has 7 nitrogen and oxygen atoms in total. The molecule has 2 aromatic rings. The van der Waals surface area contributed by atoms with E-state index < -0.39 is 0 Å². The topological polar surface area (TPSA) is 83.0 Å². The van der Waals surface area contributed by atoms with Crippen molar-refractivity contribution in [2.45, 2.75) is 32.4 Å². The van der Waals surface area contributed by atoms with Crippen molar-refractivity contribution in [3.63, 3.8) is 0 Å². The summed E-state index contributed by atoms with van der Waals surface area (Å²) in [6.07, 6.45) is 7.27. The maximum atomic E-state index is 12.0. The summed E-state index contributed by atoms with van der Waals surface area (Å²) in [6, 6.07) is 1.75. The molecule has 0 radical (unpaired) electrons. The van der Waals surface area contributed by atoms with Gasteiger partial charge >= 0.3 is 6.03 Å².